The molecule has 0 bridgehead atoms. The monoisotopic (exact) mass is 353 g/mol. The minimum atomic E-state index is -0.268. The number of imidazole rings is 1. The van der Waals surface area contributed by atoms with Gasteiger partial charge in [-0.1, -0.05) is 32.6 Å². The van der Waals surface area contributed by atoms with Gasteiger partial charge >= 0.3 is 0 Å². The lowest BCUT2D eigenvalue weighted by Gasteiger charge is -2.26. The highest BCUT2D eigenvalue weighted by Gasteiger charge is 2.19. The molecule has 0 spiro atoms. The molecule has 0 saturated heterocycles. The summed E-state index contributed by atoms with van der Waals surface area (Å²) < 4.78 is 16.1. The van der Waals surface area contributed by atoms with Gasteiger partial charge in [0.05, 0.1) is 15.5 Å². The second kappa shape index (κ2) is 5.95. The third-order valence-corrected chi connectivity index (χ3v) is 5.32. The van der Waals surface area contributed by atoms with E-state index in [4.69, 9.17) is 5.73 Å². The molecule has 3 rings (SSSR count). The molecule has 0 amide bonds. The summed E-state index contributed by atoms with van der Waals surface area (Å²) in [4.78, 5) is 4.33. The van der Waals surface area contributed by atoms with Crippen LogP contribution in [-0.2, 0) is 6.54 Å². The maximum atomic E-state index is 13.7. The molecule has 5 heteroatoms. The van der Waals surface area contributed by atoms with Gasteiger partial charge in [0.25, 0.3) is 0 Å². The number of anilines is 1. The summed E-state index contributed by atoms with van der Waals surface area (Å²) >= 11 is 3.19. The van der Waals surface area contributed by atoms with E-state index in [9.17, 15) is 4.39 Å². The second-order valence-electron chi connectivity index (χ2n) is 6.29. The van der Waals surface area contributed by atoms with Crippen LogP contribution >= 0.6 is 15.9 Å². The molecule has 0 aliphatic heterocycles. The molecule has 3 nitrogen and oxygen atoms in total. The number of halogens is 2. The Morgan fingerprint density at radius 3 is 2.76 bits per heavy atom. The lowest BCUT2D eigenvalue weighted by atomic mass is 9.81. The second-order valence-corrected chi connectivity index (χ2v) is 7.15. The van der Waals surface area contributed by atoms with E-state index in [0.717, 1.165) is 35.8 Å². The molecule has 1 heterocycles. The van der Waals surface area contributed by atoms with Crippen molar-refractivity contribution in [2.24, 2.45) is 11.8 Å². The first kappa shape index (κ1) is 14.8. The first-order valence-corrected chi connectivity index (χ1v) is 8.44. The Hall–Kier alpha value is -1.10. The van der Waals surface area contributed by atoms with Crippen molar-refractivity contribution in [3.05, 3.63) is 22.4 Å². The number of fused-ring (bicyclic) bond motifs is 1. The molecule has 2 aromatic rings. The molecular formula is C16H21BrFN3. The van der Waals surface area contributed by atoms with Gasteiger partial charge in [0.1, 0.15) is 5.82 Å². The van der Waals surface area contributed by atoms with Gasteiger partial charge in [0, 0.05) is 12.6 Å². The van der Waals surface area contributed by atoms with Crippen molar-refractivity contribution in [3.63, 3.8) is 0 Å². The number of rotatable bonds is 3. The van der Waals surface area contributed by atoms with Crippen molar-refractivity contribution in [2.45, 2.75) is 45.6 Å². The van der Waals surface area contributed by atoms with Crippen LogP contribution in [-0.4, -0.2) is 9.55 Å². The highest BCUT2D eigenvalue weighted by molar-refractivity contribution is 9.10. The van der Waals surface area contributed by atoms with E-state index in [0.29, 0.717) is 10.4 Å². The van der Waals surface area contributed by atoms with E-state index in [-0.39, 0.29) is 5.82 Å². The Kier molecular flexibility index (Phi) is 4.20. The van der Waals surface area contributed by atoms with E-state index in [1.54, 1.807) is 6.07 Å². The van der Waals surface area contributed by atoms with Crippen LogP contribution in [0.25, 0.3) is 11.0 Å². The highest BCUT2D eigenvalue weighted by Crippen LogP contribution is 2.32. The fraction of sp³-hybridized carbons (Fsp3) is 0.562. The quantitative estimate of drug-likeness (QED) is 0.866. The number of aryl methyl sites for hydroxylation is 1. The maximum Gasteiger partial charge on any atom is 0.201 e. The fourth-order valence-electron chi connectivity index (χ4n) is 3.30. The van der Waals surface area contributed by atoms with Gasteiger partial charge in [-0.05, 0) is 40.3 Å². The first-order valence-electron chi connectivity index (χ1n) is 7.65. The van der Waals surface area contributed by atoms with E-state index in [2.05, 4.69) is 27.8 Å². The molecule has 1 aromatic carbocycles. The van der Waals surface area contributed by atoms with Gasteiger partial charge in [-0.15, -0.1) is 0 Å². The van der Waals surface area contributed by atoms with E-state index >= 15 is 0 Å². The molecule has 0 radical (unpaired) electrons. The smallest absolute Gasteiger partial charge is 0.201 e. The molecule has 2 N–H and O–H groups in total. The molecule has 0 unspecified atom stereocenters. The fourth-order valence-corrected chi connectivity index (χ4v) is 3.63. The molecular weight excluding hydrogens is 333 g/mol. The summed E-state index contributed by atoms with van der Waals surface area (Å²) in [7, 11) is 0. The number of nitrogens with zero attached hydrogens (tertiary/aromatic N) is 2. The van der Waals surface area contributed by atoms with Gasteiger partial charge in [-0.2, -0.15) is 0 Å². The molecule has 0 atom stereocenters. The van der Waals surface area contributed by atoms with Gasteiger partial charge in [-0.25, -0.2) is 9.37 Å². The van der Waals surface area contributed by atoms with Crippen molar-refractivity contribution in [2.75, 3.05) is 5.73 Å². The zero-order valence-corrected chi connectivity index (χ0v) is 13.9. The molecule has 1 aliphatic rings. The van der Waals surface area contributed by atoms with Crippen LogP contribution in [0.15, 0.2) is 16.6 Å². The topological polar surface area (TPSA) is 43.8 Å². The van der Waals surface area contributed by atoms with Crippen molar-refractivity contribution in [3.8, 4) is 0 Å². The number of nitrogens with two attached hydrogens (primary N) is 1. The Morgan fingerprint density at radius 2 is 2.05 bits per heavy atom. The summed E-state index contributed by atoms with van der Waals surface area (Å²) in [6.07, 6.45) is 6.35. The Balaban J connectivity index is 1.77. The third-order valence-electron chi connectivity index (χ3n) is 4.72. The summed E-state index contributed by atoms with van der Waals surface area (Å²) in [5.74, 6) is 1.84. The van der Waals surface area contributed by atoms with Crippen molar-refractivity contribution in [1.29, 1.82) is 0 Å². The van der Waals surface area contributed by atoms with Gasteiger partial charge < -0.3 is 10.3 Å². The van der Waals surface area contributed by atoms with Crippen LogP contribution in [0.2, 0.25) is 0 Å². The van der Waals surface area contributed by atoms with E-state index in [1.165, 1.54) is 31.7 Å². The average Bonchev–Trinajstić information content (AvgIpc) is 2.74. The first-order chi connectivity index (χ1) is 10.0. The molecule has 1 aromatic heterocycles. The van der Waals surface area contributed by atoms with Crippen LogP contribution in [0.1, 0.15) is 39.0 Å². The Morgan fingerprint density at radius 1 is 1.33 bits per heavy atom. The van der Waals surface area contributed by atoms with Gasteiger partial charge in [0.2, 0.25) is 5.95 Å². The molecule has 1 saturated carbocycles. The Bertz CT molecular complexity index is 644. The maximum absolute atomic E-state index is 13.7. The van der Waals surface area contributed by atoms with Crippen molar-refractivity contribution >= 4 is 32.9 Å². The van der Waals surface area contributed by atoms with Crippen molar-refractivity contribution in [1.82, 2.24) is 9.55 Å². The van der Waals surface area contributed by atoms with Crippen LogP contribution in [0, 0.1) is 17.7 Å². The number of hydrogen-bond donors (Lipinski definition) is 1. The summed E-state index contributed by atoms with van der Waals surface area (Å²) in [6.45, 7) is 3.15. The highest BCUT2D eigenvalue weighted by atomic mass is 79.9. The van der Waals surface area contributed by atoms with Gasteiger partial charge in [0.15, 0.2) is 0 Å². The van der Waals surface area contributed by atoms with Gasteiger partial charge in [-0.3, -0.25) is 0 Å². The average molecular weight is 354 g/mol. The standard InChI is InChI=1S/C16H21BrFN3/c1-10-2-4-11(5-3-10)6-7-21-15-9-13(18)12(17)8-14(15)20-16(21)19/h8-11H,2-7H2,1H3,(H2,19,20). The zero-order chi connectivity index (χ0) is 15.0. The molecule has 21 heavy (non-hydrogen) atoms. The number of hydrogen-bond acceptors (Lipinski definition) is 2. The molecule has 114 valence electrons. The third kappa shape index (κ3) is 3.07. The lowest BCUT2D eigenvalue weighted by molar-refractivity contribution is 0.270. The predicted molar refractivity (Wildman–Crippen MR) is 87.5 cm³/mol. The number of aromatic nitrogens is 2. The lowest BCUT2D eigenvalue weighted by Crippen LogP contribution is -2.15. The number of nitrogen functional groups attached to an aromatic ring is 1. The summed E-state index contributed by atoms with van der Waals surface area (Å²) in [5.41, 5.74) is 7.54. The minimum Gasteiger partial charge on any atom is -0.369 e. The van der Waals surface area contributed by atoms with Crippen LogP contribution in [0.5, 0.6) is 0 Å². The van der Waals surface area contributed by atoms with Crippen LogP contribution in [0.4, 0.5) is 10.3 Å². The van der Waals surface area contributed by atoms with Crippen LogP contribution in [0.3, 0.4) is 0 Å². The minimum absolute atomic E-state index is 0.268. The van der Waals surface area contributed by atoms with E-state index in [1.807, 2.05) is 4.57 Å². The largest absolute Gasteiger partial charge is 0.369 e. The SMILES string of the molecule is CC1CCC(CCn2c(N)nc3cc(Br)c(F)cc32)CC1. The number of benzene rings is 1. The van der Waals surface area contributed by atoms with Crippen molar-refractivity contribution < 1.29 is 4.39 Å². The van der Waals surface area contributed by atoms with E-state index < -0.39 is 0 Å². The summed E-state index contributed by atoms with van der Waals surface area (Å²) in [6, 6.07) is 3.21. The molecule has 1 aliphatic carbocycles. The normalized spacial score (nSPS) is 22.8. The van der Waals surface area contributed by atoms with Crippen LogP contribution < -0.4 is 5.73 Å². The Labute approximate surface area is 132 Å². The molecule has 1 fully saturated rings. The zero-order valence-electron chi connectivity index (χ0n) is 12.3. The summed E-state index contributed by atoms with van der Waals surface area (Å²) in [5, 5.41) is 0. The predicted octanol–water partition coefficient (Wildman–Crippen LogP) is 4.74.